The normalized spacial score (nSPS) is 28.9. The first-order chi connectivity index (χ1) is 6.40. The van der Waals surface area contributed by atoms with Gasteiger partial charge in [-0.3, -0.25) is 4.79 Å². The summed E-state index contributed by atoms with van der Waals surface area (Å²) in [6.07, 6.45) is 1.72. The molecule has 14 heavy (non-hydrogen) atoms. The summed E-state index contributed by atoms with van der Waals surface area (Å²) in [5.74, 6) is 0.0975. The topological polar surface area (TPSA) is 57.5 Å². The van der Waals surface area contributed by atoms with Gasteiger partial charge in [-0.25, -0.2) is 0 Å². The highest BCUT2D eigenvalue weighted by atomic mass is 32.2. The fourth-order valence-corrected chi connectivity index (χ4v) is 2.54. The molecule has 1 heterocycles. The summed E-state index contributed by atoms with van der Waals surface area (Å²) in [4.78, 5) is 11.3. The molecular weight excluding hydrogens is 200 g/mol. The van der Waals surface area contributed by atoms with E-state index < -0.39 is 4.75 Å². The maximum absolute atomic E-state index is 11.3. The van der Waals surface area contributed by atoms with E-state index in [1.807, 2.05) is 0 Å². The monoisotopic (exact) mass is 214 g/mol. The Hall–Kier alpha value is -0.740. The maximum Gasteiger partial charge on any atom is 0.219 e. The molecule has 0 unspecified atom stereocenters. The summed E-state index contributed by atoms with van der Waals surface area (Å²) in [6.45, 7) is 5.08. The van der Waals surface area contributed by atoms with E-state index in [1.54, 1.807) is 26.8 Å². The first-order valence-corrected chi connectivity index (χ1v) is 5.15. The molecule has 0 saturated heterocycles. The van der Waals surface area contributed by atoms with Gasteiger partial charge >= 0.3 is 0 Å². The first-order valence-electron chi connectivity index (χ1n) is 4.33. The predicted octanol–water partition coefficient (Wildman–Crippen LogP) is 1.79. The van der Waals surface area contributed by atoms with Crippen molar-refractivity contribution in [3.05, 3.63) is 23.0 Å². The minimum Gasteiger partial charge on any atom is -0.510 e. The SMILES string of the molecule is CC1=C(O)[C@](C)(/C=C(\C)CO)SC1=O. The molecule has 1 aliphatic heterocycles. The highest BCUT2D eigenvalue weighted by Crippen LogP contribution is 2.43. The molecule has 0 aliphatic carbocycles. The molecule has 1 aliphatic rings. The second-order valence-corrected chi connectivity index (χ2v) is 5.04. The third-order valence-corrected chi connectivity index (χ3v) is 3.43. The Labute approximate surface area is 87.5 Å². The maximum atomic E-state index is 11.3. The van der Waals surface area contributed by atoms with Gasteiger partial charge in [-0.15, -0.1) is 0 Å². The molecule has 0 radical (unpaired) electrons. The fraction of sp³-hybridized carbons (Fsp3) is 0.500. The molecule has 2 N–H and O–H groups in total. The largest absolute Gasteiger partial charge is 0.510 e. The van der Waals surface area contributed by atoms with Gasteiger partial charge in [-0.1, -0.05) is 23.4 Å². The van der Waals surface area contributed by atoms with Crippen molar-refractivity contribution in [2.24, 2.45) is 0 Å². The van der Waals surface area contributed by atoms with Crippen molar-refractivity contribution in [2.45, 2.75) is 25.5 Å². The number of hydrogen-bond acceptors (Lipinski definition) is 4. The summed E-state index contributed by atoms with van der Waals surface area (Å²) in [6, 6.07) is 0. The third-order valence-electron chi connectivity index (χ3n) is 2.21. The van der Waals surface area contributed by atoms with E-state index in [-0.39, 0.29) is 17.5 Å². The number of hydrogen-bond donors (Lipinski definition) is 2. The van der Waals surface area contributed by atoms with Crippen molar-refractivity contribution < 1.29 is 15.0 Å². The second-order valence-electron chi connectivity index (χ2n) is 3.62. The Morgan fingerprint density at radius 1 is 1.64 bits per heavy atom. The van der Waals surface area contributed by atoms with E-state index in [0.29, 0.717) is 5.57 Å². The Morgan fingerprint density at radius 2 is 2.21 bits per heavy atom. The Kier molecular flexibility index (Phi) is 3.07. The van der Waals surface area contributed by atoms with E-state index in [2.05, 4.69) is 0 Å². The molecule has 3 nitrogen and oxygen atoms in total. The molecule has 4 heteroatoms. The average molecular weight is 214 g/mol. The zero-order valence-electron chi connectivity index (χ0n) is 8.50. The molecule has 1 rings (SSSR count). The van der Waals surface area contributed by atoms with Gasteiger partial charge in [0.25, 0.3) is 0 Å². The molecule has 1 atom stereocenters. The van der Waals surface area contributed by atoms with Crippen LogP contribution in [0.5, 0.6) is 0 Å². The van der Waals surface area contributed by atoms with Crippen molar-refractivity contribution in [1.82, 2.24) is 0 Å². The van der Waals surface area contributed by atoms with Crippen LogP contribution >= 0.6 is 11.8 Å². The van der Waals surface area contributed by atoms with Crippen LogP contribution in [-0.2, 0) is 4.79 Å². The van der Waals surface area contributed by atoms with Crippen molar-refractivity contribution in [1.29, 1.82) is 0 Å². The van der Waals surface area contributed by atoms with Crippen LogP contribution in [0.25, 0.3) is 0 Å². The number of carbonyl (C=O) groups excluding carboxylic acids is 1. The summed E-state index contributed by atoms with van der Waals surface area (Å²) in [5.41, 5.74) is 1.15. The Bertz CT molecular complexity index is 330. The van der Waals surface area contributed by atoms with Crippen LogP contribution in [0.4, 0.5) is 0 Å². The highest BCUT2D eigenvalue weighted by Gasteiger charge is 2.40. The van der Waals surface area contributed by atoms with Crippen molar-refractivity contribution >= 4 is 16.9 Å². The van der Waals surface area contributed by atoms with E-state index in [4.69, 9.17) is 5.11 Å². The van der Waals surface area contributed by atoms with Crippen LogP contribution in [0, 0.1) is 0 Å². The lowest BCUT2D eigenvalue weighted by molar-refractivity contribution is -0.107. The lowest BCUT2D eigenvalue weighted by Gasteiger charge is -2.18. The lowest BCUT2D eigenvalue weighted by atomic mass is 10.0. The highest BCUT2D eigenvalue weighted by molar-refractivity contribution is 8.16. The Morgan fingerprint density at radius 3 is 2.57 bits per heavy atom. The van der Waals surface area contributed by atoms with Crippen molar-refractivity contribution in [3.63, 3.8) is 0 Å². The van der Waals surface area contributed by atoms with Gasteiger partial charge in [0.1, 0.15) is 5.76 Å². The van der Waals surface area contributed by atoms with Gasteiger partial charge in [0.05, 0.1) is 11.4 Å². The van der Waals surface area contributed by atoms with E-state index in [1.165, 1.54) is 0 Å². The summed E-state index contributed by atoms with van der Waals surface area (Å²) in [5, 5.41) is 18.5. The van der Waals surface area contributed by atoms with Gasteiger partial charge in [0.15, 0.2) is 0 Å². The molecule has 0 aromatic rings. The quantitative estimate of drug-likeness (QED) is 0.688. The summed E-state index contributed by atoms with van der Waals surface area (Å²) < 4.78 is -0.700. The third kappa shape index (κ3) is 1.86. The number of thioether (sulfide) groups is 1. The zero-order chi connectivity index (χ0) is 10.9. The van der Waals surface area contributed by atoms with Crippen LogP contribution in [0.3, 0.4) is 0 Å². The van der Waals surface area contributed by atoms with Crippen LogP contribution in [0.1, 0.15) is 20.8 Å². The predicted molar refractivity (Wildman–Crippen MR) is 57.2 cm³/mol. The number of carbonyl (C=O) groups is 1. The molecule has 0 spiro atoms. The fourth-order valence-electron chi connectivity index (χ4n) is 1.40. The van der Waals surface area contributed by atoms with Crippen LogP contribution in [0.2, 0.25) is 0 Å². The molecular formula is C10H14O3S. The van der Waals surface area contributed by atoms with Gasteiger partial charge in [0, 0.05) is 5.57 Å². The van der Waals surface area contributed by atoms with Gasteiger partial charge < -0.3 is 10.2 Å². The van der Waals surface area contributed by atoms with Crippen LogP contribution < -0.4 is 0 Å². The molecule has 78 valence electrons. The molecule has 0 aromatic heterocycles. The zero-order valence-corrected chi connectivity index (χ0v) is 9.31. The molecule has 0 amide bonds. The standard InChI is InChI=1S/C10H14O3S/c1-6(5-11)4-10(3)8(12)7(2)9(13)14-10/h4,11-12H,5H2,1-3H3/b6-4+/t10-/m0/s1. The van der Waals surface area contributed by atoms with Crippen LogP contribution in [0.15, 0.2) is 23.0 Å². The van der Waals surface area contributed by atoms with Gasteiger partial charge in [0.2, 0.25) is 5.12 Å². The van der Waals surface area contributed by atoms with Gasteiger partial charge in [-0.05, 0) is 20.8 Å². The van der Waals surface area contributed by atoms with E-state index in [9.17, 15) is 9.90 Å². The second kappa shape index (κ2) is 3.79. The minimum absolute atomic E-state index is 0.0589. The number of aliphatic hydroxyl groups excluding tert-OH is 2. The van der Waals surface area contributed by atoms with Gasteiger partial charge in [-0.2, -0.15) is 0 Å². The van der Waals surface area contributed by atoms with E-state index in [0.717, 1.165) is 17.3 Å². The number of aliphatic hydroxyl groups is 2. The average Bonchev–Trinajstić information content (AvgIpc) is 2.30. The summed E-state index contributed by atoms with van der Waals surface area (Å²) in [7, 11) is 0. The molecule has 0 fully saturated rings. The minimum atomic E-state index is -0.700. The smallest absolute Gasteiger partial charge is 0.219 e. The molecule has 0 bridgehead atoms. The van der Waals surface area contributed by atoms with Crippen molar-refractivity contribution in [3.8, 4) is 0 Å². The summed E-state index contributed by atoms with van der Waals surface area (Å²) >= 11 is 1.08. The van der Waals surface area contributed by atoms with E-state index >= 15 is 0 Å². The lowest BCUT2D eigenvalue weighted by Crippen LogP contribution is -2.18. The first kappa shape index (κ1) is 11.3. The van der Waals surface area contributed by atoms with Crippen LogP contribution in [-0.4, -0.2) is 26.7 Å². The van der Waals surface area contributed by atoms with Crippen molar-refractivity contribution in [2.75, 3.05) is 6.61 Å². The molecule has 0 aromatic carbocycles. The molecule has 0 saturated carbocycles. The Balaban J connectivity index is 3.06. The number of rotatable bonds is 2.